The van der Waals surface area contributed by atoms with E-state index in [2.05, 4.69) is 9.97 Å². The Hall–Kier alpha value is -2.44. The van der Waals surface area contributed by atoms with Gasteiger partial charge < -0.3 is 5.11 Å². The molecule has 1 heterocycles. The van der Waals surface area contributed by atoms with Gasteiger partial charge >= 0.3 is 12.1 Å². The normalized spacial score (nSPS) is 11.3. The number of nitrogens with zero attached hydrogens (tertiary/aromatic N) is 2. The van der Waals surface area contributed by atoms with Crippen LogP contribution in [0.3, 0.4) is 0 Å². The van der Waals surface area contributed by atoms with Crippen molar-refractivity contribution in [1.82, 2.24) is 9.97 Å². The Morgan fingerprint density at radius 2 is 1.68 bits per heavy atom. The summed E-state index contributed by atoms with van der Waals surface area (Å²) in [7, 11) is 0. The number of benzene rings is 1. The quantitative estimate of drug-likeness (QED) is 0.909. The molecule has 1 N–H and O–H groups in total. The molecule has 0 aliphatic heterocycles. The molecule has 0 amide bonds. The van der Waals surface area contributed by atoms with Gasteiger partial charge in [0.2, 0.25) is 0 Å². The van der Waals surface area contributed by atoms with Gasteiger partial charge in [-0.3, -0.25) is 0 Å². The van der Waals surface area contributed by atoms with Crippen LogP contribution >= 0.6 is 0 Å². The number of alkyl halides is 3. The molecule has 0 saturated carbocycles. The number of hydrogen-bond donors (Lipinski definition) is 1. The van der Waals surface area contributed by atoms with Crippen LogP contribution in [0.25, 0.3) is 11.4 Å². The van der Waals surface area contributed by atoms with Crippen LogP contribution in [0.2, 0.25) is 0 Å². The van der Waals surface area contributed by atoms with Gasteiger partial charge in [-0.05, 0) is 6.07 Å². The molecule has 19 heavy (non-hydrogen) atoms. The van der Waals surface area contributed by atoms with Crippen LogP contribution in [0.15, 0.2) is 36.7 Å². The smallest absolute Gasteiger partial charge is 0.419 e. The van der Waals surface area contributed by atoms with Gasteiger partial charge in [0, 0.05) is 18.0 Å². The number of aromatic carboxylic acids is 1. The minimum Gasteiger partial charge on any atom is -0.478 e. The van der Waals surface area contributed by atoms with Crippen LogP contribution in [0, 0.1) is 0 Å². The molecule has 0 spiro atoms. The van der Waals surface area contributed by atoms with E-state index < -0.39 is 17.7 Å². The predicted molar refractivity (Wildman–Crippen MR) is 59.4 cm³/mol. The predicted octanol–water partition coefficient (Wildman–Crippen LogP) is 2.86. The number of rotatable bonds is 2. The van der Waals surface area contributed by atoms with Gasteiger partial charge in [0.1, 0.15) is 0 Å². The van der Waals surface area contributed by atoms with Crippen LogP contribution in [-0.4, -0.2) is 21.0 Å². The summed E-state index contributed by atoms with van der Waals surface area (Å²) in [5, 5.41) is 8.98. The van der Waals surface area contributed by atoms with E-state index in [-0.39, 0.29) is 17.0 Å². The van der Waals surface area contributed by atoms with Crippen LogP contribution in [0.5, 0.6) is 0 Å². The summed E-state index contributed by atoms with van der Waals surface area (Å²) in [6.07, 6.45) is -3.27. The van der Waals surface area contributed by atoms with Crippen molar-refractivity contribution in [2.45, 2.75) is 6.18 Å². The summed E-state index contributed by atoms with van der Waals surface area (Å²) in [5.74, 6) is -1.26. The first kappa shape index (κ1) is 13.0. The minimum absolute atomic E-state index is 0.0639. The maximum atomic E-state index is 12.4. The third kappa shape index (κ3) is 2.70. The Balaban J connectivity index is 2.46. The largest absolute Gasteiger partial charge is 0.478 e. The van der Waals surface area contributed by atoms with Crippen molar-refractivity contribution in [2.75, 3.05) is 0 Å². The molecule has 0 fully saturated rings. The molecule has 0 radical (unpaired) electrons. The zero-order chi connectivity index (χ0) is 14.0. The van der Waals surface area contributed by atoms with Gasteiger partial charge in [0.05, 0.1) is 11.1 Å². The molecule has 0 atom stereocenters. The first-order chi connectivity index (χ1) is 8.89. The fraction of sp³-hybridized carbons (Fsp3) is 0.0833. The lowest BCUT2D eigenvalue weighted by Crippen LogP contribution is -2.07. The van der Waals surface area contributed by atoms with Gasteiger partial charge in [-0.2, -0.15) is 13.2 Å². The first-order valence-corrected chi connectivity index (χ1v) is 5.11. The van der Waals surface area contributed by atoms with E-state index in [9.17, 15) is 18.0 Å². The van der Waals surface area contributed by atoms with Crippen molar-refractivity contribution < 1.29 is 23.1 Å². The highest BCUT2D eigenvalue weighted by Crippen LogP contribution is 2.29. The molecule has 4 nitrogen and oxygen atoms in total. The Kier molecular flexibility index (Phi) is 3.20. The number of aromatic nitrogens is 2. The van der Waals surface area contributed by atoms with E-state index in [1.54, 1.807) is 6.07 Å². The molecule has 0 aliphatic carbocycles. The molecule has 2 rings (SSSR count). The van der Waals surface area contributed by atoms with Gasteiger partial charge in [0.15, 0.2) is 5.82 Å². The number of hydrogen-bond acceptors (Lipinski definition) is 3. The minimum atomic E-state index is -4.52. The van der Waals surface area contributed by atoms with E-state index in [0.29, 0.717) is 12.4 Å². The second-order valence-corrected chi connectivity index (χ2v) is 3.64. The monoisotopic (exact) mass is 268 g/mol. The second-order valence-electron chi connectivity index (χ2n) is 3.64. The molecular formula is C12H7F3N2O2. The number of carbonyl (C=O) groups is 1. The summed E-state index contributed by atoms with van der Waals surface area (Å²) in [6, 6.07) is 5.84. The fourth-order valence-electron chi connectivity index (χ4n) is 1.48. The van der Waals surface area contributed by atoms with Crippen molar-refractivity contribution in [1.29, 1.82) is 0 Å². The molecule has 1 aromatic carbocycles. The van der Waals surface area contributed by atoms with Gasteiger partial charge in [0.25, 0.3) is 0 Å². The number of carboxylic acid groups (broad SMARTS) is 1. The molecule has 0 unspecified atom stereocenters. The highest BCUT2D eigenvalue weighted by Gasteiger charge is 2.31. The van der Waals surface area contributed by atoms with Gasteiger partial charge in [-0.1, -0.05) is 18.2 Å². The number of carboxylic acids is 1. The summed E-state index contributed by atoms with van der Waals surface area (Å²) in [4.78, 5) is 18.1. The maximum absolute atomic E-state index is 12.4. The highest BCUT2D eigenvalue weighted by atomic mass is 19.4. The summed E-state index contributed by atoms with van der Waals surface area (Å²) >= 11 is 0. The zero-order valence-corrected chi connectivity index (χ0v) is 9.35. The molecule has 7 heteroatoms. The molecule has 98 valence electrons. The molecule has 1 aromatic heterocycles. The molecule has 0 aliphatic rings. The van der Waals surface area contributed by atoms with E-state index in [1.165, 1.54) is 18.2 Å². The Morgan fingerprint density at radius 3 is 2.21 bits per heavy atom. The summed E-state index contributed by atoms with van der Waals surface area (Å²) in [6.45, 7) is 0. The van der Waals surface area contributed by atoms with E-state index in [4.69, 9.17) is 5.11 Å². The highest BCUT2D eigenvalue weighted by molar-refractivity contribution is 5.94. The topological polar surface area (TPSA) is 63.1 Å². The van der Waals surface area contributed by atoms with Crippen molar-refractivity contribution in [2.24, 2.45) is 0 Å². The van der Waals surface area contributed by atoms with E-state index >= 15 is 0 Å². The Bertz CT molecular complexity index is 609. The molecular weight excluding hydrogens is 261 g/mol. The molecule has 0 bridgehead atoms. The summed E-state index contributed by atoms with van der Waals surface area (Å²) < 4.78 is 37.1. The first-order valence-electron chi connectivity index (χ1n) is 5.11. The summed E-state index contributed by atoms with van der Waals surface area (Å²) in [5.41, 5.74) is -0.880. The van der Waals surface area contributed by atoms with Crippen LogP contribution in [-0.2, 0) is 6.18 Å². The van der Waals surface area contributed by atoms with Gasteiger partial charge in [-0.15, -0.1) is 0 Å². The van der Waals surface area contributed by atoms with E-state index in [1.807, 2.05) is 0 Å². The van der Waals surface area contributed by atoms with E-state index in [0.717, 1.165) is 0 Å². The standard InChI is InChI=1S/C12H7F3N2O2/c13-12(14,15)7-5-16-10(17-6-7)8-3-1-2-4-9(8)11(18)19/h1-6H,(H,18,19). The lowest BCUT2D eigenvalue weighted by atomic mass is 10.1. The average molecular weight is 268 g/mol. The van der Waals surface area contributed by atoms with Crippen molar-refractivity contribution in [3.05, 3.63) is 47.8 Å². The van der Waals surface area contributed by atoms with Crippen LogP contribution < -0.4 is 0 Å². The third-order valence-corrected chi connectivity index (χ3v) is 2.38. The lowest BCUT2D eigenvalue weighted by molar-refractivity contribution is -0.138. The fourth-order valence-corrected chi connectivity index (χ4v) is 1.48. The van der Waals surface area contributed by atoms with Crippen LogP contribution in [0.1, 0.15) is 15.9 Å². The molecule has 0 saturated heterocycles. The Morgan fingerprint density at radius 1 is 1.11 bits per heavy atom. The second kappa shape index (κ2) is 4.68. The third-order valence-electron chi connectivity index (χ3n) is 2.38. The zero-order valence-electron chi connectivity index (χ0n) is 9.35. The average Bonchev–Trinajstić information content (AvgIpc) is 2.38. The SMILES string of the molecule is O=C(O)c1ccccc1-c1ncc(C(F)(F)F)cn1. The van der Waals surface area contributed by atoms with Crippen molar-refractivity contribution in [3.8, 4) is 11.4 Å². The Labute approximate surface area is 105 Å². The maximum Gasteiger partial charge on any atom is 0.419 e. The van der Waals surface area contributed by atoms with Crippen molar-refractivity contribution >= 4 is 5.97 Å². The van der Waals surface area contributed by atoms with Crippen molar-refractivity contribution in [3.63, 3.8) is 0 Å². The van der Waals surface area contributed by atoms with Gasteiger partial charge in [-0.25, -0.2) is 14.8 Å². The number of halogens is 3. The molecule has 2 aromatic rings. The lowest BCUT2D eigenvalue weighted by Gasteiger charge is -2.07. The van der Waals surface area contributed by atoms with Crippen LogP contribution in [0.4, 0.5) is 13.2 Å².